The highest BCUT2D eigenvalue weighted by Crippen LogP contribution is 2.25. The largest absolute Gasteiger partial charge is 0.393 e. The van der Waals surface area contributed by atoms with Crippen molar-refractivity contribution < 1.29 is 9.90 Å². The van der Waals surface area contributed by atoms with Gasteiger partial charge in [-0.1, -0.05) is 18.6 Å². The van der Waals surface area contributed by atoms with Gasteiger partial charge in [-0.05, 0) is 36.8 Å². The van der Waals surface area contributed by atoms with Crippen LogP contribution in [0.3, 0.4) is 0 Å². The first-order valence-corrected chi connectivity index (χ1v) is 8.62. The molecule has 0 saturated heterocycles. The lowest BCUT2D eigenvalue weighted by Crippen LogP contribution is -2.40. The lowest BCUT2D eigenvalue weighted by atomic mass is 10.1. The second-order valence-corrected chi connectivity index (χ2v) is 6.53. The lowest BCUT2D eigenvalue weighted by Gasteiger charge is -2.23. The minimum atomic E-state index is -0.251. The molecular weight excluding hydrogens is 284 g/mol. The number of hydrogen-bond donors (Lipinski definition) is 2. The second kappa shape index (κ2) is 7.71. The van der Waals surface area contributed by atoms with E-state index in [2.05, 4.69) is 17.4 Å². The van der Waals surface area contributed by atoms with Gasteiger partial charge in [-0.15, -0.1) is 11.8 Å². The number of aliphatic hydroxyl groups excluding tert-OH is 1. The fourth-order valence-corrected chi connectivity index (χ4v) is 3.13. The monoisotopic (exact) mass is 308 g/mol. The fraction of sp³-hybridized carbons (Fsp3) is 0.562. The smallest absolute Gasteiger partial charge is 0.317 e. The number of urea groups is 1. The van der Waals surface area contributed by atoms with Gasteiger partial charge >= 0.3 is 6.03 Å². The third-order valence-electron chi connectivity index (χ3n) is 4.08. The first-order chi connectivity index (χ1) is 10.1. The van der Waals surface area contributed by atoms with Gasteiger partial charge in [0, 0.05) is 31.0 Å². The minimum absolute atomic E-state index is 0.0805. The van der Waals surface area contributed by atoms with E-state index in [-0.39, 0.29) is 18.1 Å². The molecule has 1 aromatic rings. The van der Waals surface area contributed by atoms with Gasteiger partial charge in [0.2, 0.25) is 0 Å². The molecule has 2 atom stereocenters. The van der Waals surface area contributed by atoms with Crippen molar-refractivity contribution in [3.05, 3.63) is 29.8 Å². The number of carbonyl (C=O) groups excluding carboxylic acids is 1. The van der Waals surface area contributed by atoms with Crippen LogP contribution in [0.1, 0.15) is 24.8 Å². The number of amides is 2. The minimum Gasteiger partial charge on any atom is -0.393 e. The number of rotatable bonds is 5. The van der Waals surface area contributed by atoms with E-state index in [0.717, 1.165) is 24.8 Å². The molecule has 0 aromatic heterocycles. The van der Waals surface area contributed by atoms with E-state index in [4.69, 9.17) is 0 Å². The van der Waals surface area contributed by atoms with Gasteiger partial charge in [0.05, 0.1) is 6.10 Å². The molecule has 0 bridgehead atoms. The summed E-state index contributed by atoms with van der Waals surface area (Å²) in [6, 6.07) is 8.11. The summed E-state index contributed by atoms with van der Waals surface area (Å²) < 4.78 is 0. The van der Waals surface area contributed by atoms with Gasteiger partial charge < -0.3 is 15.3 Å². The summed E-state index contributed by atoms with van der Waals surface area (Å²) in [6.07, 6.45) is 4.72. The molecular formula is C16H24N2O2S. The van der Waals surface area contributed by atoms with Crippen molar-refractivity contribution in [2.24, 2.45) is 5.92 Å². The van der Waals surface area contributed by atoms with Crippen molar-refractivity contribution in [2.45, 2.75) is 36.8 Å². The maximum absolute atomic E-state index is 12.1. The molecule has 2 unspecified atom stereocenters. The Kier molecular flexibility index (Phi) is 5.94. The molecule has 4 nitrogen and oxygen atoms in total. The van der Waals surface area contributed by atoms with Crippen LogP contribution < -0.4 is 5.32 Å². The van der Waals surface area contributed by atoms with Crippen LogP contribution in [-0.2, 0) is 6.54 Å². The maximum atomic E-state index is 12.1. The highest BCUT2D eigenvalue weighted by molar-refractivity contribution is 7.98. The van der Waals surface area contributed by atoms with Crippen LogP contribution >= 0.6 is 11.8 Å². The van der Waals surface area contributed by atoms with Crippen molar-refractivity contribution in [3.63, 3.8) is 0 Å². The molecule has 21 heavy (non-hydrogen) atoms. The summed E-state index contributed by atoms with van der Waals surface area (Å²) in [6.45, 7) is 1.16. The summed E-state index contributed by atoms with van der Waals surface area (Å²) >= 11 is 1.71. The topological polar surface area (TPSA) is 52.6 Å². The molecule has 0 spiro atoms. The zero-order valence-electron chi connectivity index (χ0n) is 12.7. The van der Waals surface area contributed by atoms with Crippen LogP contribution in [0.2, 0.25) is 0 Å². The van der Waals surface area contributed by atoms with Crippen LogP contribution in [0, 0.1) is 5.92 Å². The van der Waals surface area contributed by atoms with Crippen LogP contribution in [0.25, 0.3) is 0 Å². The van der Waals surface area contributed by atoms with Gasteiger partial charge in [-0.2, -0.15) is 0 Å². The molecule has 0 radical (unpaired) electrons. The highest BCUT2D eigenvalue weighted by Gasteiger charge is 2.27. The SMILES string of the molecule is CSc1ccc(CNC(=O)N(C)CC2CCCC2O)cc1. The maximum Gasteiger partial charge on any atom is 0.317 e. The van der Waals surface area contributed by atoms with Crippen LogP contribution in [0.5, 0.6) is 0 Å². The zero-order chi connectivity index (χ0) is 15.2. The third kappa shape index (κ3) is 4.64. The molecule has 5 heteroatoms. The van der Waals surface area contributed by atoms with Gasteiger partial charge in [0.15, 0.2) is 0 Å². The number of benzene rings is 1. The van der Waals surface area contributed by atoms with E-state index in [0.29, 0.717) is 13.1 Å². The first-order valence-electron chi connectivity index (χ1n) is 7.40. The Morgan fingerprint density at radius 1 is 1.38 bits per heavy atom. The van der Waals surface area contributed by atoms with E-state index in [9.17, 15) is 9.90 Å². The molecule has 0 heterocycles. The third-order valence-corrected chi connectivity index (χ3v) is 4.82. The second-order valence-electron chi connectivity index (χ2n) is 5.65. The normalized spacial score (nSPS) is 21.3. The molecule has 1 fully saturated rings. The van der Waals surface area contributed by atoms with Crippen LogP contribution in [0.4, 0.5) is 4.79 Å². The quantitative estimate of drug-likeness (QED) is 0.822. The van der Waals surface area contributed by atoms with E-state index in [1.54, 1.807) is 23.7 Å². The van der Waals surface area contributed by atoms with Crippen molar-refractivity contribution in [3.8, 4) is 0 Å². The highest BCUT2D eigenvalue weighted by atomic mass is 32.2. The number of nitrogens with zero attached hydrogens (tertiary/aromatic N) is 1. The number of carbonyl (C=O) groups is 1. The summed E-state index contributed by atoms with van der Waals surface area (Å²) in [5, 5.41) is 12.7. The van der Waals surface area contributed by atoms with Crippen LogP contribution in [0.15, 0.2) is 29.2 Å². The van der Waals surface area contributed by atoms with Gasteiger partial charge in [-0.25, -0.2) is 4.79 Å². The molecule has 1 aliphatic carbocycles. The summed E-state index contributed by atoms with van der Waals surface area (Å²) in [4.78, 5) is 15.0. The molecule has 1 saturated carbocycles. The van der Waals surface area contributed by atoms with Gasteiger partial charge in [0.1, 0.15) is 0 Å². The summed E-state index contributed by atoms with van der Waals surface area (Å²) in [7, 11) is 1.79. The van der Waals surface area contributed by atoms with Crippen molar-refractivity contribution >= 4 is 17.8 Å². The average Bonchev–Trinajstić information content (AvgIpc) is 2.90. The van der Waals surface area contributed by atoms with Crippen molar-refractivity contribution in [2.75, 3.05) is 19.8 Å². The number of thioether (sulfide) groups is 1. The lowest BCUT2D eigenvalue weighted by molar-refractivity contribution is 0.114. The Hall–Kier alpha value is -1.20. The zero-order valence-corrected chi connectivity index (χ0v) is 13.5. The molecule has 2 amide bonds. The van der Waals surface area contributed by atoms with E-state index < -0.39 is 0 Å². The van der Waals surface area contributed by atoms with Crippen LogP contribution in [-0.4, -0.2) is 42.0 Å². The molecule has 1 aliphatic rings. The summed E-state index contributed by atoms with van der Waals surface area (Å²) in [5.74, 6) is 0.224. The molecule has 116 valence electrons. The standard InChI is InChI=1S/C16H24N2O2S/c1-18(11-13-4-3-5-15(13)19)16(20)17-10-12-6-8-14(21-2)9-7-12/h6-9,13,15,19H,3-5,10-11H2,1-2H3,(H,17,20). The summed E-state index contributed by atoms with van der Waals surface area (Å²) in [5.41, 5.74) is 1.09. The first kappa shape index (κ1) is 16.2. The Labute approximate surface area is 130 Å². The fourth-order valence-electron chi connectivity index (χ4n) is 2.72. The number of nitrogens with one attached hydrogen (secondary N) is 1. The predicted molar refractivity (Wildman–Crippen MR) is 86.4 cm³/mol. The van der Waals surface area contributed by atoms with Crippen molar-refractivity contribution in [1.29, 1.82) is 0 Å². The molecule has 2 rings (SSSR count). The predicted octanol–water partition coefficient (Wildman–Crippen LogP) is 2.71. The Bertz CT molecular complexity index is 464. The molecule has 1 aromatic carbocycles. The van der Waals surface area contributed by atoms with Crippen molar-refractivity contribution in [1.82, 2.24) is 10.2 Å². The Morgan fingerprint density at radius 3 is 2.67 bits per heavy atom. The Morgan fingerprint density at radius 2 is 2.10 bits per heavy atom. The molecule has 0 aliphatic heterocycles. The number of hydrogen-bond acceptors (Lipinski definition) is 3. The van der Waals surface area contributed by atoms with E-state index >= 15 is 0 Å². The van der Waals surface area contributed by atoms with Gasteiger partial charge in [0.25, 0.3) is 0 Å². The molecule has 2 N–H and O–H groups in total. The average molecular weight is 308 g/mol. The number of aliphatic hydroxyl groups is 1. The van der Waals surface area contributed by atoms with Gasteiger partial charge in [-0.3, -0.25) is 0 Å². The van der Waals surface area contributed by atoms with E-state index in [1.165, 1.54) is 4.90 Å². The van der Waals surface area contributed by atoms with E-state index in [1.807, 2.05) is 18.4 Å². The Balaban J connectivity index is 1.77.